The van der Waals surface area contributed by atoms with Crippen molar-refractivity contribution < 1.29 is 0 Å². The number of nitrogens with two attached hydrogens (primary N) is 1. The summed E-state index contributed by atoms with van der Waals surface area (Å²) in [5.41, 5.74) is 7.95. The molecule has 0 spiro atoms. The lowest BCUT2D eigenvalue weighted by Crippen LogP contribution is -2.11. The zero-order valence-electron chi connectivity index (χ0n) is 9.53. The largest absolute Gasteiger partial charge is 0.324 e. The molecule has 82 valence electrons. The van der Waals surface area contributed by atoms with Gasteiger partial charge in [0.1, 0.15) is 5.82 Å². The Balaban J connectivity index is 2.24. The molecule has 0 aromatic carbocycles. The highest BCUT2D eigenvalue weighted by atomic mass is 14.9. The maximum absolute atomic E-state index is 5.84. The predicted molar refractivity (Wildman–Crippen MR) is 60.6 cm³/mol. The first kappa shape index (κ1) is 10.6. The van der Waals surface area contributed by atoms with Gasteiger partial charge in [-0.25, -0.2) is 9.97 Å². The minimum absolute atomic E-state index is 0.0302. The molecule has 15 heavy (non-hydrogen) atoms. The Morgan fingerprint density at radius 2 is 2.07 bits per heavy atom. The van der Waals surface area contributed by atoms with Crippen LogP contribution in [0.25, 0.3) is 0 Å². The molecule has 1 heterocycles. The van der Waals surface area contributed by atoms with Crippen molar-refractivity contribution in [1.82, 2.24) is 9.97 Å². The number of aromatic nitrogens is 2. The van der Waals surface area contributed by atoms with Gasteiger partial charge in [0.15, 0.2) is 0 Å². The molecule has 1 fully saturated rings. The molecule has 1 aliphatic rings. The van der Waals surface area contributed by atoms with E-state index in [0.29, 0.717) is 5.92 Å². The van der Waals surface area contributed by atoms with E-state index in [4.69, 9.17) is 5.73 Å². The first-order valence-corrected chi connectivity index (χ1v) is 5.77. The van der Waals surface area contributed by atoms with Crippen LogP contribution in [0.1, 0.15) is 61.6 Å². The molecule has 1 atom stereocenters. The van der Waals surface area contributed by atoms with Crippen LogP contribution >= 0.6 is 0 Å². The summed E-state index contributed by atoms with van der Waals surface area (Å²) in [5.74, 6) is 1.61. The van der Waals surface area contributed by atoms with E-state index >= 15 is 0 Å². The van der Waals surface area contributed by atoms with Crippen LogP contribution in [0.2, 0.25) is 0 Å². The van der Waals surface area contributed by atoms with E-state index in [1.165, 1.54) is 25.7 Å². The first-order valence-electron chi connectivity index (χ1n) is 5.77. The van der Waals surface area contributed by atoms with Gasteiger partial charge < -0.3 is 5.73 Å². The van der Waals surface area contributed by atoms with E-state index in [9.17, 15) is 0 Å². The molecule has 1 aliphatic carbocycles. The number of hydrogen-bond donors (Lipinski definition) is 1. The van der Waals surface area contributed by atoms with Gasteiger partial charge in [-0.3, -0.25) is 0 Å². The summed E-state index contributed by atoms with van der Waals surface area (Å²) in [6.07, 6.45) is 7.04. The Hall–Kier alpha value is -0.960. The fourth-order valence-electron chi connectivity index (χ4n) is 2.32. The zero-order valence-corrected chi connectivity index (χ0v) is 9.53. The smallest absolute Gasteiger partial charge is 0.131 e. The second-order valence-electron chi connectivity index (χ2n) is 4.54. The van der Waals surface area contributed by atoms with Gasteiger partial charge in [-0.1, -0.05) is 12.8 Å². The van der Waals surface area contributed by atoms with E-state index in [1.54, 1.807) is 0 Å². The standard InChI is InChI=1S/C12H19N3/c1-8(13)11-7-14-12(15-9(11)2)10-5-3-4-6-10/h7-8,10H,3-6,13H2,1-2H3. The van der Waals surface area contributed by atoms with Crippen LogP contribution in [0.4, 0.5) is 0 Å². The summed E-state index contributed by atoms with van der Waals surface area (Å²) >= 11 is 0. The zero-order chi connectivity index (χ0) is 10.8. The van der Waals surface area contributed by atoms with Crippen molar-refractivity contribution in [3.05, 3.63) is 23.3 Å². The van der Waals surface area contributed by atoms with Crippen molar-refractivity contribution in [3.63, 3.8) is 0 Å². The van der Waals surface area contributed by atoms with E-state index in [1.807, 2.05) is 20.0 Å². The summed E-state index contributed by atoms with van der Waals surface area (Å²) in [4.78, 5) is 9.04. The van der Waals surface area contributed by atoms with E-state index in [-0.39, 0.29) is 6.04 Å². The van der Waals surface area contributed by atoms with Crippen LogP contribution in [0.5, 0.6) is 0 Å². The quantitative estimate of drug-likeness (QED) is 0.807. The maximum Gasteiger partial charge on any atom is 0.131 e. The Kier molecular flexibility index (Phi) is 3.00. The third-order valence-electron chi connectivity index (χ3n) is 3.25. The van der Waals surface area contributed by atoms with Crippen LogP contribution in [0.3, 0.4) is 0 Å². The highest BCUT2D eigenvalue weighted by Gasteiger charge is 2.20. The Morgan fingerprint density at radius 1 is 1.40 bits per heavy atom. The summed E-state index contributed by atoms with van der Waals surface area (Å²) in [7, 11) is 0. The molecule has 0 bridgehead atoms. The Labute approximate surface area is 91.1 Å². The van der Waals surface area contributed by atoms with Crippen molar-refractivity contribution in [3.8, 4) is 0 Å². The molecule has 0 radical (unpaired) electrons. The van der Waals surface area contributed by atoms with Crippen molar-refractivity contribution in [2.75, 3.05) is 0 Å². The van der Waals surface area contributed by atoms with Crippen molar-refractivity contribution in [1.29, 1.82) is 0 Å². The van der Waals surface area contributed by atoms with Crippen molar-refractivity contribution in [2.24, 2.45) is 5.73 Å². The molecule has 0 saturated heterocycles. The van der Waals surface area contributed by atoms with Crippen LogP contribution < -0.4 is 5.73 Å². The third kappa shape index (κ3) is 2.17. The van der Waals surface area contributed by atoms with Crippen molar-refractivity contribution in [2.45, 2.75) is 51.5 Å². The molecule has 1 saturated carbocycles. The number of aryl methyl sites for hydroxylation is 1. The third-order valence-corrected chi connectivity index (χ3v) is 3.25. The lowest BCUT2D eigenvalue weighted by atomic mass is 10.1. The van der Waals surface area contributed by atoms with E-state index in [2.05, 4.69) is 9.97 Å². The molecular formula is C12H19N3. The topological polar surface area (TPSA) is 51.8 Å². The lowest BCUT2D eigenvalue weighted by Gasteiger charge is -2.12. The number of rotatable bonds is 2. The maximum atomic E-state index is 5.84. The average Bonchev–Trinajstić information content (AvgIpc) is 2.69. The minimum Gasteiger partial charge on any atom is -0.324 e. The van der Waals surface area contributed by atoms with Gasteiger partial charge in [-0.05, 0) is 26.7 Å². The SMILES string of the molecule is Cc1nc(C2CCCC2)ncc1C(C)N. The van der Waals surface area contributed by atoms with E-state index < -0.39 is 0 Å². The molecule has 3 heteroatoms. The van der Waals surface area contributed by atoms with Gasteiger partial charge in [-0.15, -0.1) is 0 Å². The van der Waals surface area contributed by atoms with Gasteiger partial charge in [-0.2, -0.15) is 0 Å². The summed E-state index contributed by atoms with van der Waals surface area (Å²) < 4.78 is 0. The second-order valence-corrected chi connectivity index (χ2v) is 4.54. The van der Waals surface area contributed by atoms with Crippen LogP contribution in [-0.4, -0.2) is 9.97 Å². The first-order chi connectivity index (χ1) is 7.18. The molecule has 2 rings (SSSR count). The predicted octanol–water partition coefficient (Wildman–Crippen LogP) is 2.46. The normalized spacial score (nSPS) is 19.4. The Bertz CT molecular complexity index is 341. The van der Waals surface area contributed by atoms with E-state index in [0.717, 1.165) is 17.1 Å². The van der Waals surface area contributed by atoms with Gasteiger partial charge >= 0.3 is 0 Å². The average molecular weight is 205 g/mol. The molecule has 2 N–H and O–H groups in total. The summed E-state index contributed by atoms with van der Waals surface area (Å²) in [5, 5.41) is 0. The molecule has 3 nitrogen and oxygen atoms in total. The fourth-order valence-corrected chi connectivity index (χ4v) is 2.32. The van der Waals surface area contributed by atoms with Gasteiger partial charge in [0.2, 0.25) is 0 Å². The number of nitrogens with zero attached hydrogens (tertiary/aromatic N) is 2. The molecule has 0 amide bonds. The van der Waals surface area contributed by atoms with Crippen LogP contribution in [0.15, 0.2) is 6.20 Å². The van der Waals surface area contributed by atoms with Crippen LogP contribution in [-0.2, 0) is 0 Å². The van der Waals surface area contributed by atoms with Gasteiger partial charge in [0.25, 0.3) is 0 Å². The fraction of sp³-hybridized carbons (Fsp3) is 0.667. The lowest BCUT2D eigenvalue weighted by molar-refractivity contribution is 0.655. The van der Waals surface area contributed by atoms with Gasteiger partial charge in [0, 0.05) is 29.4 Å². The Morgan fingerprint density at radius 3 is 2.60 bits per heavy atom. The molecular weight excluding hydrogens is 186 g/mol. The number of hydrogen-bond acceptors (Lipinski definition) is 3. The van der Waals surface area contributed by atoms with Gasteiger partial charge in [0.05, 0.1) is 0 Å². The molecule has 0 aliphatic heterocycles. The summed E-state index contributed by atoms with van der Waals surface area (Å²) in [6, 6.07) is 0.0302. The molecule has 1 aromatic rings. The molecule has 1 aromatic heterocycles. The molecule has 1 unspecified atom stereocenters. The van der Waals surface area contributed by atoms with Crippen LogP contribution in [0, 0.1) is 6.92 Å². The highest BCUT2D eigenvalue weighted by molar-refractivity contribution is 5.20. The second kappa shape index (κ2) is 4.27. The highest BCUT2D eigenvalue weighted by Crippen LogP contribution is 2.32. The van der Waals surface area contributed by atoms with Crippen molar-refractivity contribution >= 4 is 0 Å². The summed E-state index contributed by atoms with van der Waals surface area (Å²) in [6.45, 7) is 4.00. The monoisotopic (exact) mass is 205 g/mol. The minimum atomic E-state index is 0.0302.